The van der Waals surface area contributed by atoms with E-state index in [0.717, 1.165) is 30.6 Å². The van der Waals surface area contributed by atoms with Crippen LogP contribution in [0, 0.1) is 0 Å². The van der Waals surface area contributed by atoms with E-state index in [1.54, 1.807) is 7.05 Å². The minimum absolute atomic E-state index is 0.0728. The van der Waals surface area contributed by atoms with Crippen molar-refractivity contribution in [3.05, 3.63) is 41.5 Å². The monoisotopic (exact) mass is 424 g/mol. The molecule has 1 aliphatic rings. The van der Waals surface area contributed by atoms with E-state index in [1.165, 1.54) is 18.2 Å². The van der Waals surface area contributed by atoms with Crippen molar-refractivity contribution in [2.75, 3.05) is 20.2 Å². The lowest BCUT2D eigenvalue weighted by molar-refractivity contribution is -0.138. The van der Waals surface area contributed by atoms with Gasteiger partial charge in [-0.2, -0.15) is 18.3 Å². The Balaban J connectivity index is 1.48. The van der Waals surface area contributed by atoms with Crippen LogP contribution in [0.3, 0.4) is 0 Å². The third kappa shape index (κ3) is 5.43. The highest BCUT2D eigenvalue weighted by atomic mass is 19.4. The first kappa shape index (κ1) is 21.9. The van der Waals surface area contributed by atoms with Gasteiger partial charge in [-0.3, -0.25) is 4.99 Å². The van der Waals surface area contributed by atoms with E-state index in [4.69, 9.17) is 4.74 Å². The molecule has 2 N–H and O–H groups in total. The molecule has 1 aromatic heterocycles. The number of ether oxygens (including phenoxy) is 1. The number of hydrogen-bond donors (Lipinski definition) is 2. The number of alkyl halides is 3. The average Bonchev–Trinajstić information content (AvgIpc) is 3.13. The summed E-state index contributed by atoms with van der Waals surface area (Å²) in [5.74, 6) is 2.52. The molecule has 0 saturated heterocycles. The molecule has 164 valence electrons. The molecule has 30 heavy (non-hydrogen) atoms. The molecule has 2 aromatic rings. The molecule has 0 spiro atoms. The van der Waals surface area contributed by atoms with Gasteiger partial charge < -0.3 is 15.4 Å². The van der Waals surface area contributed by atoms with Crippen molar-refractivity contribution in [2.45, 2.75) is 51.4 Å². The molecule has 1 aliphatic heterocycles. The standard InChI is InChI=1S/C20H27F3N6O/c1-13(2)18-27-17-9-8-14(12-29(17)28-18)26-19(24-3)25-10-11-30-16-7-5-4-6-15(16)20(21,22)23/h4-7,13-14H,8-12H2,1-3H3,(H2,24,25,26). The Morgan fingerprint density at radius 1 is 1.33 bits per heavy atom. The van der Waals surface area contributed by atoms with Gasteiger partial charge in [0.05, 0.1) is 18.7 Å². The van der Waals surface area contributed by atoms with E-state index in [9.17, 15) is 13.2 Å². The molecule has 0 saturated carbocycles. The van der Waals surface area contributed by atoms with Crippen LogP contribution in [0.4, 0.5) is 13.2 Å². The Bertz CT molecular complexity index is 878. The number of aryl methyl sites for hydroxylation is 1. The number of nitrogens with zero attached hydrogens (tertiary/aromatic N) is 4. The Kier molecular flexibility index (Phi) is 6.84. The second kappa shape index (κ2) is 9.36. The Hall–Kier alpha value is -2.78. The predicted octanol–water partition coefficient (Wildman–Crippen LogP) is 2.98. The van der Waals surface area contributed by atoms with Crippen LogP contribution in [-0.2, 0) is 19.1 Å². The molecule has 0 aliphatic carbocycles. The Morgan fingerprint density at radius 2 is 2.10 bits per heavy atom. The zero-order valence-electron chi connectivity index (χ0n) is 17.3. The van der Waals surface area contributed by atoms with Crippen LogP contribution in [0.2, 0.25) is 0 Å². The number of fused-ring (bicyclic) bond motifs is 1. The van der Waals surface area contributed by atoms with Crippen LogP contribution in [0.1, 0.15) is 43.4 Å². The highest BCUT2D eigenvalue weighted by molar-refractivity contribution is 5.79. The van der Waals surface area contributed by atoms with Crippen LogP contribution in [0.25, 0.3) is 0 Å². The van der Waals surface area contributed by atoms with E-state index >= 15 is 0 Å². The maximum atomic E-state index is 13.0. The van der Waals surface area contributed by atoms with E-state index in [0.29, 0.717) is 19.0 Å². The molecular weight excluding hydrogens is 397 g/mol. The summed E-state index contributed by atoms with van der Waals surface area (Å²) in [6.07, 6.45) is -2.73. The predicted molar refractivity (Wildman–Crippen MR) is 108 cm³/mol. The fraction of sp³-hybridized carbons (Fsp3) is 0.550. The first-order chi connectivity index (χ1) is 14.3. The maximum Gasteiger partial charge on any atom is 0.419 e. The van der Waals surface area contributed by atoms with Crippen LogP contribution in [-0.4, -0.2) is 47.0 Å². The van der Waals surface area contributed by atoms with Crippen molar-refractivity contribution in [2.24, 2.45) is 4.99 Å². The molecule has 3 rings (SSSR count). The van der Waals surface area contributed by atoms with Crippen molar-refractivity contribution in [3.63, 3.8) is 0 Å². The normalized spacial score (nSPS) is 17.0. The second-order valence-electron chi connectivity index (χ2n) is 7.44. The lowest BCUT2D eigenvalue weighted by atomic mass is 10.1. The number of para-hydroxylation sites is 1. The van der Waals surface area contributed by atoms with Gasteiger partial charge in [-0.05, 0) is 18.6 Å². The number of halogens is 3. The van der Waals surface area contributed by atoms with Gasteiger partial charge in [-0.25, -0.2) is 9.67 Å². The van der Waals surface area contributed by atoms with E-state index in [1.807, 2.05) is 4.68 Å². The van der Waals surface area contributed by atoms with Crippen LogP contribution in [0.15, 0.2) is 29.3 Å². The van der Waals surface area contributed by atoms with Crippen LogP contribution < -0.4 is 15.4 Å². The second-order valence-corrected chi connectivity index (χ2v) is 7.44. The van der Waals surface area contributed by atoms with E-state index in [2.05, 4.69) is 39.6 Å². The van der Waals surface area contributed by atoms with Crippen molar-refractivity contribution >= 4 is 5.96 Å². The third-order valence-electron chi connectivity index (χ3n) is 4.80. The number of aromatic nitrogens is 3. The molecule has 1 atom stereocenters. The van der Waals surface area contributed by atoms with Gasteiger partial charge >= 0.3 is 6.18 Å². The summed E-state index contributed by atoms with van der Waals surface area (Å²) in [5.41, 5.74) is -0.779. The largest absolute Gasteiger partial charge is 0.491 e. The minimum atomic E-state index is -4.45. The SMILES string of the molecule is CN=C(NCCOc1ccccc1C(F)(F)F)NC1CCc2nc(C(C)C)nn2C1. The highest BCUT2D eigenvalue weighted by Crippen LogP contribution is 2.35. The summed E-state index contributed by atoms with van der Waals surface area (Å²) < 4.78 is 46.3. The third-order valence-corrected chi connectivity index (χ3v) is 4.80. The first-order valence-electron chi connectivity index (χ1n) is 9.97. The molecule has 10 heteroatoms. The molecule has 2 heterocycles. The van der Waals surface area contributed by atoms with E-state index < -0.39 is 11.7 Å². The highest BCUT2D eigenvalue weighted by Gasteiger charge is 2.34. The van der Waals surface area contributed by atoms with Crippen molar-refractivity contribution in [1.29, 1.82) is 0 Å². The molecule has 7 nitrogen and oxygen atoms in total. The smallest absolute Gasteiger partial charge is 0.419 e. The minimum Gasteiger partial charge on any atom is -0.491 e. The quantitative estimate of drug-likeness (QED) is 0.424. The first-order valence-corrected chi connectivity index (χ1v) is 9.97. The van der Waals surface area contributed by atoms with Crippen LogP contribution >= 0.6 is 0 Å². The number of benzene rings is 1. The van der Waals surface area contributed by atoms with Gasteiger partial charge in [-0.1, -0.05) is 26.0 Å². The molecule has 0 amide bonds. The van der Waals surface area contributed by atoms with Crippen molar-refractivity contribution in [1.82, 2.24) is 25.4 Å². The van der Waals surface area contributed by atoms with Gasteiger partial charge in [0.2, 0.25) is 0 Å². The van der Waals surface area contributed by atoms with Gasteiger partial charge in [-0.15, -0.1) is 0 Å². The topological polar surface area (TPSA) is 76.4 Å². The van der Waals surface area contributed by atoms with Gasteiger partial charge in [0.15, 0.2) is 11.8 Å². The molecule has 0 fully saturated rings. The molecular formula is C20H27F3N6O. The summed E-state index contributed by atoms with van der Waals surface area (Å²) in [5, 5.41) is 11.0. The fourth-order valence-corrected chi connectivity index (χ4v) is 3.24. The molecule has 1 unspecified atom stereocenters. The number of hydrogen-bond acceptors (Lipinski definition) is 4. The summed E-state index contributed by atoms with van der Waals surface area (Å²) in [7, 11) is 1.65. The summed E-state index contributed by atoms with van der Waals surface area (Å²) in [4.78, 5) is 8.77. The number of nitrogens with one attached hydrogen (secondary N) is 2. The molecule has 0 radical (unpaired) electrons. The average molecular weight is 424 g/mol. The fourth-order valence-electron chi connectivity index (χ4n) is 3.24. The van der Waals surface area contributed by atoms with Gasteiger partial charge in [0, 0.05) is 25.4 Å². The Morgan fingerprint density at radius 3 is 2.80 bits per heavy atom. The number of aliphatic imine (C=N–C) groups is 1. The zero-order valence-corrected chi connectivity index (χ0v) is 17.3. The lowest BCUT2D eigenvalue weighted by Crippen LogP contribution is -2.47. The number of guanidine groups is 1. The summed E-state index contributed by atoms with van der Waals surface area (Å²) in [6, 6.07) is 5.32. The van der Waals surface area contributed by atoms with E-state index in [-0.39, 0.29) is 24.3 Å². The van der Waals surface area contributed by atoms with Crippen LogP contribution in [0.5, 0.6) is 5.75 Å². The van der Waals surface area contributed by atoms with Crippen molar-refractivity contribution < 1.29 is 17.9 Å². The zero-order chi connectivity index (χ0) is 21.7. The summed E-state index contributed by atoms with van der Waals surface area (Å²) in [6.45, 7) is 5.20. The summed E-state index contributed by atoms with van der Waals surface area (Å²) >= 11 is 0. The van der Waals surface area contributed by atoms with Crippen molar-refractivity contribution in [3.8, 4) is 5.75 Å². The van der Waals surface area contributed by atoms with Gasteiger partial charge in [0.1, 0.15) is 18.2 Å². The molecule has 0 bridgehead atoms. The van der Waals surface area contributed by atoms with Gasteiger partial charge in [0.25, 0.3) is 0 Å². The molecule has 1 aromatic carbocycles. The lowest BCUT2D eigenvalue weighted by Gasteiger charge is -2.25. The Labute approximate surface area is 173 Å². The number of rotatable bonds is 6. The maximum absolute atomic E-state index is 13.0.